The minimum atomic E-state index is 0.226. The molecule has 2 aromatic rings. The van der Waals surface area contributed by atoms with Crippen molar-refractivity contribution in [3.63, 3.8) is 0 Å². The predicted octanol–water partition coefficient (Wildman–Crippen LogP) is 3.66. The minimum absolute atomic E-state index is 0.226. The summed E-state index contributed by atoms with van der Waals surface area (Å²) in [7, 11) is 0. The summed E-state index contributed by atoms with van der Waals surface area (Å²) in [5, 5.41) is 3.88. The second kappa shape index (κ2) is 4.46. The van der Waals surface area contributed by atoms with E-state index in [4.69, 9.17) is 0 Å². The SMILES string of the molecule is O=C(Cc1ccc2c(c1)CCC2)c1ccsc1. The van der Waals surface area contributed by atoms with E-state index >= 15 is 0 Å². The Kier molecular flexibility index (Phi) is 2.81. The molecule has 0 atom stereocenters. The molecule has 1 aromatic heterocycles. The molecule has 0 saturated heterocycles. The fraction of sp³-hybridized carbons (Fsp3) is 0.267. The van der Waals surface area contributed by atoms with Crippen molar-refractivity contribution in [2.75, 3.05) is 0 Å². The number of thiophene rings is 1. The average molecular weight is 242 g/mol. The number of carbonyl (C=O) groups is 1. The monoisotopic (exact) mass is 242 g/mol. The summed E-state index contributed by atoms with van der Waals surface area (Å²) < 4.78 is 0. The molecule has 0 bridgehead atoms. The highest BCUT2D eigenvalue weighted by molar-refractivity contribution is 7.08. The standard InChI is InChI=1S/C15H14OS/c16-15(14-6-7-17-10-14)9-11-4-5-12-2-1-3-13(12)8-11/h4-8,10H,1-3,9H2. The maximum Gasteiger partial charge on any atom is 0.168 e. The van der Waals surface area contributed by atoms with Gasteiger partial charge in [-0.3, -0.25) is 4.79 Å². The van der Waals surface area contributed by atoms with E-state index in [0.29, 0.717) is 6.42 Å². The lowest BCUT2D eigenvalue weighted by atomic mass is 10.0. The number of carbonyl (C=O) groups excluding carboxylic acids is 1. The fourth-order valence-electron chi connectivity index (χ4n) is 2.45. The van der Waals surface area contributed by atoms with Crippen LogP contribution >= 0.6 is 11.3 Å². The van der Waals surface area contributed by atoms with E-state index in [0.717, 1.165) is 11.1 Å². The zero-order valence-corrected chi connectivity index (χ0v) is 10.4. The first-order valence-electron chi connectivity index (χ1n) is 5.99. The van der Waals surface area contributed by atoms with Gasteiger partial charge in [0.05, 0.1) is 0 Å². The van der Waals surface area contributed by atoms with Crippen LogP contribution in [-0.4, -0.2) is 5.78 Å². The molecule has 0 spiro atoms. The molecule has 1 nitrogen and oxygen atoms in total. The van der Waals surface area contributed by atoms with Gasteiger partial charge in [0.15, 0.2) is 5.78 Å². The zero-order chi connectivity index (χ0) is 11.7. The van der Waals surface area contributed by atoms with Crippen LogP contribution in [0.15, 0.2) is 35.0 Å². The highest BCUT2D eigenvalue weighted by Gasteiger charge is 2.13. The van der Waals surface area contributed by atoms with Gasteiger partial charge in [-0.25, -0.2) is 0 Å². The van der Waals surface area contributed by atoms with Crippen molar-refractivity contribution in [1.29, 1.82) is 0 Å². The molecule has 0 radical (unpaired) electrons. The van der Waals surface area contributed by atoms with Gasteiger partial charge in [-0.2, -0.15) is 11.3 Å². The predicted molar refractivity (Wildman–Crippen MR) is 70.8 cm³/mol. The van der Waals surface area contributed by atoms with Crippen molar-refractivity contribution >= 4 is 17.1 Å². The van der Waals surface area contributed by atoms with E-state index in [1.165, 1.54) is 30.4 Å². The summed E-state index contributed by atoms with van der Waals surface area (Å²) in [4.78, 5) is 12.0. The first-order valence-corrected chi connectivity index (χ1v) is 6.93. The van der Waals surface area contributed by atoms with E-state index in [1.807, 2.05) is 16.8 Å². The van der Waals surface area contributed by atoms with E-state index < -0.39 is 0 Å². The number of hydrogen-bond donors (Lipinski definition) is 0. The second-order valence-corrected chi connectivity index (χ2v) is 5.35. The van der Waals surface area contributed by atoms with Gasteiger partial charge in [-0.15, -0.1) is 0 Å². The largest absolute Gasteiger partial charge is 0.294 e. The van der Waals surface area contributed by atoms with E-state index in [2.05, 4.69) is 18.2 Å². The molecule has 0 amide bonds. The van der Waals surface area contributed by atoms with Gasteiger partial charge in [0.2, 0.25) is 0 Å². The summed E-state index contributed by atoms with van der Waals surface area (Å²) in [6, 6.07) is 8.42. The topological polar surface area (TPSA) is 17.1 Å². The molecule has 1 aliphatic carbocycles. The van der Waals surface area contributed by atoms with Gasteiger partial charge in [0, 0.05) is 17.4 Å². The smallest absolute Gasteiger partial charge is 0.168 e. The van der Waals surface area contributed by atoms with Crippen molar-refractivity contribution in [2.24, 2.45) is 0 Å². The molecule has 86 valence electrons. The molecule has 0 aliphatic heterocycles. The molecule has 3 rings (SSSR count). The number of hydrogen-bond acceptors (Lipinski definition) is 2. The van der Waals surface area contributed by atoms with Crippen molar-refractivity contribution in [3.8, 4) is 0 Å². The number of benzene rings is 1. The number of Topliss-reactive ketones (excluding diaryl/α,β-unsaturated/α-hetero) is 1. The summed E-state index contributed by atoms with van der Waals surface area (Å²) >= 11 is 1.58. The molecule has 2 heteroatoms. The normalized spacial score (nSPS) is 13.6. The van der Waals surface area contributed by atoms with Crippen LogP contribution in [0, 0.1) is 0 Å². The first-order chi connectivity index (χ1) is 8.33. The number of fused-ring (bicyclic) bond motifs is 1. The highest BCUT2D eigenvalue weighted by atomic mass is 32.1. The summed E-state index contributed by atoms with van der Waals surface area (Å²) in [6.45, 7) is 0. The molecule has 0 unspecified atom stereocenters. The molecule has 0 saturated carbocycles. The van der Waals surface area contributed by atoms with Crippen LogP contribution in [-0.2, 0) is 19.3 Å². The first kappa shape index (κ1) is 10.7. The Morgan fingerprint density at radius 1 is 1.18 bits per heavy atom. The Hall–Kier alpha value is -1.41. The number of ketones is 1. The van der Waals surface area contributed by atoms with Crippen LogP contribution in [0.5, 0.6) is 0 Å². The summed E-state index contributed by atoms with van der Waals surface area (Å²) in [5.74, 6) is 0.226. The van der Waals surface area contributed by atoms with Gasteiger partial charge in [0.1, 0.15) is 0 Å². The molecule has 1 aliphatic rings. The van der Waals surface area contributed by atoms with E-state index in [1.54, 1.807) is 11.3 Å². The Balaban J connectivity index is 1.80. The van der Waals surface area contributed by atoms with Crippen molar-refractivity contribution in [1.82, 2.24) is 0 Å². The maximum atomic E-state index is 12.0. The molecule has 1 heterocycles. The van der Waals surface area contributed by atoms with Crippen molar-refractivity contribution in [2.45, 2.75) is 25.7 Å². The zero-order valence-electron chi connectivity index (χ0n) is 9.61. The van der Waals surface area contributed by atoms with Gasteiger partial charge >= 0.3 is 0 Å². The maximum absolute atomic E-state index is 12.0. The quantitative estimate of drug-likeness (QED) is 0.751. The van der Waals surface area contributed by atoms with Crippen LogP contribution in [0.25, 0.3) is 0 Å². The molecular weight excluding hydrogens is 228 g/mol. The van der Waals surface area contributed by atoms with Crippen LogP contribution in [0.4, 0.5) is 0 Å². The third-order valence-electron chi connectivity index (χ3n) is 3.37. The van der Waals surface area contributed by atoms with Crippen LogP contribution in [0.1, 0.15) is 33.5 Å². The average Bonchev–Trinajstić information content (AvgIpc) is 2.99. The molecule has 0 fully saturated rings. The Labute approximate surface area is 105 Å². The molecule has 0 N–H and O–H groups in total. The molecular formula is C15H14OS. The number of rotatable bonds is 3. The van der Waals surface area contributed by atoms with Crippen LogP contribution in [0.3, 0.4) is 0 Å². The van der Waals surface area contributed by atoms with Gasteiger partial charge in [-0.05, 0) is 47.4 Å². The Morgan fingerprint density at radius 3 is 2.88 bits per heavy atom. The van der Waals surface area contributed by atoms with Gasteiger partial charge < -0.3 is 0 Å². The Bertz CT molecular complexity index is 540. The third kappa shape index (κ3) is 2.18. The summed E-state index contributed by atoms with van der Waals surface area (Å²) in [6.07, 6.45) is 4.17. The van der Waals surface area contributed by atoms with Crippen LogP contribution < -0.4 is 0 Å². The third-order valence-corrected chi connectivity index (χ3v) is 4.05. The van der Waals surface area contributed by atoms with Gasteiger partial charge in [0.25, 0.3) is 0 Å². The lowest BCUT2D eigenvalue weighted by Gasteiger charge is -2.03. The fourth-order valence-corrected chi connectivity index (χ4v) is 3.11. The van der Waals surface area contributed by atoms with Crippen LogP contribution in [0.2, 0.25) is 0 Å². The Morgan fingerprint density at radius 2 is 2.06 bits per heavy atom. The summed E-state index contributed by atoms with van der Waals surface area (Å²) in [5.41, 5.74) is 4.91. The lowest BCUT2D eigenvalue weighted by Crippen LogP contribution is -2.02. The van der Waals surface area contributed by atoms with Crippen molar-refractivity contribution in [3.05, 3.63) is 57.3 Å². The van der Waals surface area contributed by atoms with E-state index in [-0.39, 0.29) is 5.78 Å². The van der Waals surface area contributed by atoms with Crippen molar-refractivity contribution < 1.29 is 4.79 Å². The second-order valence-electron chi connectivity index (χ2n) is 4.57. The minimum Gasteiger partial charge on any atom is -0.294 e. The molecule has 17 heavy (non-hydrogen) atoms. The molecule has 1 aromatic carbocycles. The van der Waals surface area contributed by atoms with E-state index in [9.17, 15) is 4.79 Å². The number of aryl methyl sites for hydroxylation is 2. The van der Waals surface area contributed by atoms with Gasteiger partial charge in [-0.1, -0.05) is 18.2 Å². The lowest BCUT2D eigenvalue weighted by molar-refractivity contribution is 0.0993. The highest BCUT2D eigenvalue weighted by Crippen LogP contribution is 2.23.